The van der Waals surface area contributed by atoms with Crippen molar-refractivity contribution in [2.45, 2.75) is 76.0 Å². The number of hydrogen-bond donors (Lipinski definition) is 1. The van der Waals surface area contributed by atoms with Crippen LogP contribution in [0.5, 0.6) is 0 Å². The van der Waals surface area contributed by atoms with Gasteiger partial charge in [0.15, 0.2) is 0 Å². The number of anilines is 2. The third-order valence-electron chi connectivity index (χ3n) is 9.47. The summed E-state index contributed by atoms with van der Waals surface area (Å²) in [5.74, 6) is -1.90. The lowest BCUT2D eigenvalue weighted by Crippen LogP contribution is -2.59. The Bertz CT molecular complexity index is 1180. The predicted molar refractivity (Wildman–Crippen MR) is 174 cm³/mol. The molecule has 1 N–H and O–H groups in total. The highest BCUT2D eigenvalue weighted by Gasteiger charge is 2.77. The minimum absolute atomic E-state index is 0.0154. The van der Waals surface area contributed by atoms with Crippen LogP contribution in [0.25, 0.3) is 0 Å². The zero-order valence-corrected chi connectivity index (χ0v) is 27.2. The number of hydrogen-bond acceptors (Lipinski definition) is 7. The van der Waals surface area contributed by atoms with Crippen molar-refractivity contribution in [3.8, 4) is 0 Å². The van der Waals surface area contributed by atoms with E-state index < -0.39 is 28.7 Å². The van der Waals surface area contributed by atoms with Crippen molar-refractivity contribution in [1.29, 1.82) is 0 Å². The van der Waals surface area contributed by atoms with E-state index >= 15 is 0 Å². The largest absolute Gasteiger partial charge is 0.465 e. The van der Waals surface area contributed by atoms with E-state index in [1.54, 1.807) is 33.7 Å². The molecule has 0 saturated carbocycles. The summed E-state index contributed by atoms with van der Waals surface area (Å²) in [7, 11) is 0. The molecule has 4 rings (SSSR count). The van der Waals surface area contributed by atoms with Crippen LogP contribution in [0, 0.1) is 23.7 Å². The molecule has 236 valence electrons. The van der Waals surface area contributed by atoms with Gasteiger partial charge in [-0.25, -0.2) is 0 Å². The van der Waals surface area contributed by atoms with Gasteiger partial charge >= 0.3 is 5.97 Å². The molecule has 3 heterocycles. The van der Waals surface area contributed by atoms with Gasteiger partial charge < -0.3 is 24.5 Å². The molecule has 3 unspecified atom stereocenters. The fourth-order valence-electron chi connectivity index (χ4n) is 7.59. The summed E-state index contributed by atoms with van der Waals surface area (Å²) in [5, 5.41) is 10.5. The number of esters is 1. The van der Waals surface area contributed by atoms with Crippen molar-refractivity contribution >= 4 is 40.9 Å². The molecule has 43 heavy (non-hydrogen) atoms. The Balaban J connectivity index is 1.79. The van der Waals surface area contributed by atoms with E-state index in [0.717, 1.165) is 30.9 Å². The molecule has 3 aliphatic rings. The maximum absolute atomic E-state index is 14.9. The number of aliphatic hydroxyl groups excluding tert-OH is 1. The van der Waals surface area contributed by atoms with Gasteiger partial charge in [0, 0.05) is 36.3 Å². The lowest BCUT2D eigenvalue weighted by atomic mass is 9.66. The van der Waals surface area contributed by atoms with Gasteiger partial charge in [-0.05, 0) is 69.2 Å². The van der Waals surface area contributed by atoms with Crippen molar-refractivity contribution in [2.24, 2.45) is 23.7 Å². The van der Waals surface area contributed by atoms with E-state index in [4.69, 9.17) is 4.74 Å². The van der Waals surface area contributed by atoms with Crippen LogP contribution in [-0.2, 0) is 19.1 Å². The minimum Gasteiger partial charge on any atom is -0.465 e. The fourth-order valence-corrected chi connectivity index (χ4v) is 9.98. The highest BCUT2D eigenvalue weighted by Crippen LogP contribution is 2.69. The number of carbonyl (C=O) groups is 3. The second-order valence-electron chi connectivity index (χ2n) is 12.4. The SMILES string of the molecule is C=CCCOC(=O)[C@@H]1[C@H]2C(=O)N([C@@H](CO)CC(C)C)C(C(=O)N(CC=C)c3ccc(N(CC)CC)cc3)C23S[C@@H]1CC3C. The highest BCUT2D eigenvalue weighted by molar-refractivity contribution is 8.02. The second kappa shape index (κ2) is 13.9. The van der Waals surface area contributed by atoms with Crippen molar-refractivity contribution in [1.82, 2.24) is 4.90 Å². The van der Waals surface area contributed by atoms with E-state index in [1.165, 1.54) is 0 Å². The summed E-state index contributed by atoms with van der Waals surface area (Å²) in [5.41, 5.74) is 1.80. The molecule has 1 aromatic carbocycles. The number of rotatable bonds is 15. The number of amides is 2. The first-order valence-corrected chi connectivity index (χ1v) is 16.6. The number of benzene rings is 1. The van der Waals surface area contributed by atoms with E-state index in [0.29, 0.717) is 12.8 Å². The second-order valence-corrected chi connectivity index (χ2v) is 14.0. The van der Waals surface area contributed by atoms with Gasteiger partial charge in [0.1, 0.15) is 6.04 Å². The summed E-state index contributed by atoms with van der Waals surface area (Å²) < 4.78 is 4.84. The summed E-state index contributed by atoms with van der Waals surface area (Å²) in [4.78, 5) is 48.6. The Morgan fingerprint density at radius 2 is 1.81 bits per heavy atom. The van der Waals surface area contributed by atoms with Crippen LogP contribution in [-0.4, -0.2) is 82.7 Å². The Morgan fingerprint density at radius 3 is 2.37 bits per heavy atom. The first kappa shape index (κ1) is 33.1. The lowest BCUT2D eigenvalue weighted by molar-refractivity contribution is -0.155. The molecule has 3 fully saturated rings. The van der Waals surface area contributed by atoms with Crippen LogP contribution >= 0.6 is 11.8 Å². The molecule has 2 bridgehead atoms. The zero-order valence-electron chi connectivity index (χ0n) is 26.4. The third kappa shape index (κ3) is 5.87. The first-order valence-electron chi connectivity index (χ1n) is 15.8. The summed E-state index contributed by atoms with van der Waals surface area (Å²) in [6.07, 6.45) is 5.21. The van der Waals surface area contributed by atoms with Gasteiger partial charge in [0.25, 0.3) is 5.91 Å². The van der Waals surface area contributed by atoms with Gasteiger partial charge in [-0.3, -0.25) is 14.4 Å². The average Bonchev–Trinajstić information content (AvgIpc) is 3.59. The van der Waals surface area contributed by atoms with Crippen molar-refractivity contribution in [3.63, 3.8) is 0 Å². The quantitative estimate of drug-likeness (QED) is 0.171. The van der Waals surface area contributed by atoms with Crippen LogP contribution in [0.2, 0.25) is 0 Å². The smallest absolute Gasteiger partial charge is 0.310 e. The Hall–Kier alpha value is -2.78. The highest BCUT2D eigenvalue weighted by atomic mass is 32.2. The molecule has 9 heteroatoms. The molecule has 0 aliphatic carbocycles. The van der Waals surface area contributed by atoms with Crippen LogP contribution in [0.15, 0.2) is 49.6 Å². The maximum Gasteiger partial charge on any atom is 0.310 e. The van der Waals surface area contributed by atoms with E-state index in [-0.39, 0.29) is 54.6 Å². The average molecular weight is 612 g/mol. The van der Waals surface area contributed by atoms with Gasteiger partial charge in [-0.1, -0.05) is 32.9 Å². The molecule has 7 atom stereocenters. The maximum atomic E-state index is 14.9. The molecule has 1 spiro atoms. The number of aliphatic hydroxyl groups is 1. The number of nitrogens with zero attached hydrogens (tertiary/aromatic N) is 3. The van der Waals surface area contributed by atoms with Gasteiger partial charge in [0.05, 0.1) is 35.8 Å². The van der Waals surface area contributed by atoms with E-state index in [9.17, 15) is 19.5 Å². The summed E-state index contributed by atoms with van der Waals surface area (Å²) in [6, 6.07) is 6.57. The molecular formula is C34H49N3O5S. The Kier molecular flexibility index (Phi) is 10.7. The monoisotopic (exact) mass is 611 g/mol. The van der Waals surface area contributed by atoms with Crippen LogP contribution in [0.4, 0.5) is 11.4 Å². The third-order valence-corrected chi connectivity index (χ3v) is 11.5. The fraction of sp³-hybridized carbons (Fsp3) is 0.618. The number of thioether (sulfide) groups is 1. The standard InChI is InChI=1S/C34H49N3O5S/c1-8-12-18-42-33(41)28-27-20-23(7)34(43-27)29(28)31(39)37(26(21-38)19-22(5)6)30(34)32(40)36(17-9-2)25-15-13-24(14-16-25)35(10-3)11-4/h8-9,13-16,22-23,26-30,38H,1-2,10-12,17-21H2,3-7H3/t23?,26-,27-,28+,29+,30?,34?/m1/s1. The lowest BCUT2D eigenvalue weighted by Gasteiger charge is -2.42. The number of fused-ring (bicyclic) bond motifs is 1. The van der Waals surface area contributed by atoms with Crippen LogP contribution in [0.1, 0.15) is 53.9 Å². The van der Waals surface area contributed by atoms with Gasteiger partial charge in [-0.15, -0.1) is 24.9 Å². The van der Waals surface area contributed by atoms with E-state index in [1.807, 2.05) is 38.1 Å². The topological polar surface area (TPSA) is 90.4 Å². The number of ether oxygens (including phenoxy) is 1. The molecule has 2 amide bonds. The van der Waals surface area contributed by atoms with Crippen molar-refractivity contribution in [2.75, 3.05) is 42.6 Å². The molecule has 1 aromatic rings. The first-order chi connectivity index (χ1) is 20.6. The van der Waals surface area contributed by atoms with Gasteiger partial charge in [0.2, 0.25) is 5.91 Å². The van der Waals surface area contributed by atoms with Crippen LogP contribution < -0.4 is 9.80 Å². The summed E-state index contributed by atoms with van der Waals surface area (Å²) in [6.45, 7) is 20.0. The van der Waals surface area contributed by atoms with E-state index in [2.05, 4.69) is 38.8 Å². The molecular weight excluding hydrogens is 562 g/mol. The normalized spacial score (nSPS) is 28.1. The van der Waals surface area contributed by atoms with Crippen molar-refractivity contribution in [3.05, 3.63) is 49.6 Å². The zero-order chi connectivity index (χ0) is 31.5. The Labute approximate surface area is 261 Å². The van der Waals surface area contributed by atoms with Crippen molar-refractivity contribution < 1.29 is 24.2 Å². The van der Waals surface area contributed by atoms with Crippen LogP contribution in [0.3, 0.4) is 0 Å². The molecule has 0 radical (unpaired) electrons. The molecule has 3 aliphatic heterocycles. The number of likely N-dealkylation sites (tertiary alicyclic amines) is 1. The minimum atomic E-state index is -0.834. The molecule has 8 nitrogen and oxygen atoms in total. The molecule has 0 aromatic heterocycles. The predicted octanol–water partition coefficient (Wildman–Crippen LogP) is 4.92. The number of carbonyl (C=O) groups excluding carboxylic acids is 3. The molecule has 3 saturated heterocycles. The summed E-state index contributed by atoms with van der Waals surface area (Å²) >= 11 is 1.62. The Morgan fingerprint density at radius 1 is 1.16 bits per heavy atom. The van der Waals surface area contributed by atoms with Gasteiger partial charge in [-0.2, -0.15) is 0 Å².